The molecule has 7 heteroatoms. The smallest absolute Gasteiger partial charge is 0.256 e. The molecule has 21 heavy (non-hydrogen) atoms. The van der Waals surface area contributed by atoms with Crippen LogP contribution in [0.25, 0.3) is 11.0 Å². The highest BCUT2D eigenvalue weighted by atomic mass is 35.5. The van der Waals surface area contributed by atoms with Crippen molar-refractivity contribution in [1.82, 2.24) is 14.9 Å². The van der Waals surface area contributed by atoms with Gasteiger partial charge in [-0.1, -0.05) is 0 Å². The number of nitrogens with one attached hydrogen (secondary N) is 1. The highest BCUT2D eigenvalue weighted by Gasteiger charge is 2.32. The van der Waals surface area contributed by atoms with E-state index in [1.807, 2.05) is 17.0 Å². The molecule has 0 spiro atoms. The van der Waals surface area contributed by atoms with Gasteiger partial charge in [-0.3, -0.25) is 4.79 Å². The van der Waals surface area contributed by atoms with Crippen LogP contribution in [-0.4, -0.2) is 39.9 Å². The summed E-state index contributed by atoms with van der Waals surface area (Å²) >= 11 is 0. The van der Waals surface area contributed by atoms with Gasteiger partial charge < -0.3 is 15.6 Å². The third-order valence-corrected chi connectivity index (χ3v) is 3.94. The Hall–Kier alpha value is -1.30. The van der Waals surface area contributed by atoms with E-state index in [0.29, 0.717) is 18.0 Å². The molecule has 0 aliphatic carbocycles. The Balaban J connectivity index is 0.00000110. The molecular weight excluding hydrogens is 311 g/mol. The van der Waals surface area contributed by atoms with Gasteiger partial charge in [-0.25, -0.2) is 4.98 Å². The molecule has 3 rings (SSSR count). The molecule has 2 atom stereocenters. The second-order valence-electron chi connectivity index (χ2n) is 5.25. The first-order valence-electron chi connectivity index (χ1n) is 6.64. The molecule has 1 aliphatic heterocycles. The number of pyridine rings is 1. The van der Waals surface area contributed by atoms with Gasteiger partial charge in [0.1, 0.15) is 5.65 Å². The fourth-order valence-corrected chi connectivity index (χ4v) is 2.88. The molecule has 1 fully saturated rings. The van der Waals surface area contributed by atoms with Crippen LogP contribution in [0.2, 0.25) is 0 Å². The number of carbonyl (C=O) groups is 1. The summed E-state index contributed by atoms with van der Waals surface area (Å²) in [5.41, 5.74) is 7.17. The van der Waals surface area contributed by atoms with Crippen molar-refractivity contribution in [3.63, 3.8) is 0 Å². The van der Waals surface area contributed by atoms with Gasteiger partial charge in [-0.05, 0) is 37.9 Å². The van der Waals surface area contributed by atoms with Gasteiger partial charge in [-0.2, -0.15) is 0 Å². The first-order chi connectivity index (χ1) is 9.20. The van der Waals surface area contributed by atoms with Crippen molar-refractivity contribution in [2.45, 2.75) is 19.4 Å². The van der Waals surface area contributed by atoms with E-state index in [2.05, 4.69) is 16.9 Å². The molecule has 1 aliphatic rings. The summed E-state index contributed by atoms with van der Waals surface area (Å²) < 4.78 is 0. The lowest BCUT2D eigenvalue weighted by atomic mass is 10.1. The van der Waals surface area contributed by atoms with Crippen molar-refractivity contribution in [1.29, 1.82) is 0 Å². The van der Waals surface area contributed by atoms with Gasteiger partial charge in [0.25, 0.3) is 5.91 Å². The van der Waals surface area contributed by atoms with E-state index in [9.17, 15) is 4.79 Å². The fourth-order valence-electron chi connectivity index (χ4n) is 2.88. The molecule has 0 aromatic carbocycles. The highest BCUT2D eigenvalue weighted by molar-refractivity contribution is 6.06. The van der Waals surface area contributed by atoms with Crippen LogP contribution >= 0.6 is 24.8 Å². The van der Waals surface area contributed by atoms with E-state index >= 15 is 0 Å². The number of hydrogen-bond donors (Lipinski definition) is 2. The van der Waals surface area contributed by atoms with Crippen molar-refractivity contribution >= 4 is 41.8 Å². The summed E-state index contributed by atoms with van der Waals surface area (Å²) in [6.45, 7) is 3.48. The monoisotopic (exact) mass is 330 g/mol. The molecule has 3 N–H and O–H groups in total. The lowest BCUT2D eigenvalue weighted by Gasteiger charge is -2.21. The maximum atomic E-state index is 12.6. The van der Waals surface area contributed by atoms with Crippen molar-refractivity contribution in [2.24, 2.45) is 11.7 Å². The largest absolute Gasteiger partial charge is 0.345 e. The number of amides is 1. The van der Waals surface area contributed by atoms with Crippen LogP contribution in [0.3, 0.4) is 0 Å². The molecule has 1 amide bonds. The van der Waals surface area contributed by atoms with Crippen molar-refractivity contribution in [3.8, 4) is 0 Å². The minimum absolute atomic E-state index is 0. The minimum atomic E-state index is 0. The van der Waals surface area contributed by atoms with Crippen molar-refractivity contribution in [2.75, 3.05) is 13.1 Å². The summed E-state index contributed by atoms with van der Waals surface area (Å²) in [6.07, 6.45) is 4.46. The number of likely N-dealkylation sites (tertiary alicyclic amines) is 1. The third kappa shape index (κ3) is 3.15. The predicted octanol–water partition coefficient (Wildman–Crippen LogP) is 2.22. The normalized spacial score (nSPS) is 21.0. The Morgan fingerprint density at radius 2 is 2.29 bits per heavy atom. The number of H-pyrrole nitrogens is 1. The van der Waals surface area contributed by atoms with E-state index < -0.39 is 0 Å². The predicted molar refractivity (Wildman–Crippen MR) is 88.2 cm³/mol. The van der Waals surface area contributed by atoms with Crippen molar-refractivity contribution in [3.05, 3.63) is 30.1 Å². The van der Waals surface area contributed by atoms with Crippen LogP contribution in [0, 0.1) is 5.92 Å². The van der Waals surface area contributed by atoms with Crippen LogP contribution in [0.4, 0.5) is 0 Å². The Labute approximate surface area is 136 Å². The van der Waals surface area contributed by atoms with Crippen LogP contribution in [0.15, 0.2) is 24.5 Å². The molecule has 5 nitrogen and oxygen atoms in total. The summed E-state index contributed by atoms with van der Waals surface area (Å²) in [5, 5.41) is 0.885. The lowest BCUT2D eigenvalue weighted by molar-refractivity contribution is 0.0745. The topological polar surface area (TPSA) is 75.0 Å². The summed E-state index contributed by atoms with van der Waals surface area (Å²) in [5.74, 6) is 0.491. The number of aromatic nitrogens is 2. The number of carbonyl (C=O) groups excluding carboxylic acids is 1. The number of rotatable bonds is 2. The quantitative estimate of drug-likeness (QED) is 0.886. The number of nitrogens with two attached hydrogens (primary N) is 1. The second-order valence-corrected chi connectivity index (χ2v) is 5.25. The summed E-state index contributed by atoms with van der Waals surface area (Å²) in [7, 11) is 0. The molecule has 2 aromatic rings. The Morgan fingerprint density at radius 1 is 1.52 bits per heavy atom. The number of aromatic amines is 1. The molecule has 0 saturated carbocycles. The molecular formula is C14H20Cl2N4O. The Morgan fingerprint density at radius 3 is 2.95 bits per heavy atom. The minimum Gasteiger partial charge on any atom is -0.345 e. The molecule has 0 bridgehead atoms. The van der Waals surface area contributed by atoms with Crippen LogP contribution in [-0.2, 0) is 0 Å². The van der Waals surface area contributed by atoms with Gasteiger partial charge >= 0.3 is 0 Å². The Bertz CT molecular complexity index is 616. The lowest BCUT2D eigenvalue weighted by Crippen LogP contribution is -2.34. The third-order valence-electron chi connectivity index (χ3n) is 3.94. The number of hydrogen-bond acceptors (Lipinski definition) is 3. The standard InChI is InChI=1S/C14H18N4O.2ClH/c1-9-5-10(6-15)8-18(9)14(19)12-7-17-13-11(12)3-2-4-16-13;;/h2-4,7,9-10H,5-6,8,15H2,1H3,(H,16,17);2*1H. The number of halogens is 2. The fraction of sp³-hybridized carbons (Fsp3) is 0.429. The molecule has 1 saturated heterocycles. The van der Waals surface area contributed by atoms with Gasteiger partial charge in [0, 0.05) is 30.4 Å². The average Bonchev–Trinajstić information content (AvgIpc) is 3.01. The van der Waals surface area contributed by atoms with E-state index in [1.54, 1.807) is 12.4 Å². The van der Waals surface area contributed by atoms with Gasteiger partial charge in [0.15, 0.2) is 0 Å². The number of nitrogens with zero attached hydrogens (tertiary/aromatic N) is 2. The van der Waals surface area contributed by atoms with Gasteiger partial charge in [-0.15, -0.1) is 24.8 Å². The first kappa shape index (κ1) is 17.8. The Kier molecular flexibility index (Phi) is 6.01. The van der Waals surface area contributed by atoms with E-state index in [1.165, 1.54) is 0 Å². The molecule has 2 unspecified atom stereocenters. The maximum Gasteiger partial charge on any atom is 0.256 e. The zero-order chi connectivity index (χ0) is 13.4. The van der Waals surface area contributed by atoms with Crippen LogP contribution in [0.1, 0.15) is 23.7 Å². The summed E-state index contributed by atoms with van der Waals surface area (Å²) in [4.78, 5) is 21.8. The highest BCUT2D eigenvalue weighted by Crippen LogP contribution is 2.26. The summed E-state index contributed by atoms with van der Waals surface area (Å²) in [6, 6.07) is 4.03. The van der Waals surface area contributed by atoms with Gasteiger partial charge in [0.2, 0.25) is 0 Å². The average molecular weight is 331 g/mol. The zero-order valence-electron chi connectivity index (χ0n) is 11.8. The van der Waals surface area contributed by atoms with Gasteiger partial charge in [0.05, 0.1) is 5.56 Å². The maximum absolute atomic E-state index is 12.6. The van der Waals surface area contributed by atoms with E-state index in [-0.39, 0.29) is 36.8 Å². The zero-order valence-corrected chi connectivity index (χ0v) is 13.4. The van der Waals surface area contributed by atoms with E-state index in [0.717, 1.165) is 24.0 Å². The SMILES string of the molecule is CC1CC(CN)CN1C(=O)c1c[nH]c2ncccc12.Cl.Cl. The second kappa shape index (κ2) is 7.11. The first-order valence-corrected chi connectivity index (χ1v) is 6.64. The number of fused-ring (bicyclic) bond motifs is 1. The van der Waals surface area contributed by atoms with Crippen molar-refractivity contribution < 1.29 is 4.79 Å². The molecule has 2 aromatic heterocycles. The molecule has 0 radical (unpaired) electrons. The van der Waals surface area contributed by atoms with Crippen LogP contribution in [0.5, 0.6) is 0 Å². The molecule has 3 heterocycles. The van der Waals surface area contributed by atoms with Crippen LogP contribution < -0.4 is 5.73 Å². The molecule has 116 valence electrons. The van der Waals surface area contributed by atoms with E-state index in [4.69, 9.17) is 5.73 Å².